The second-order valence-corrected chi connectivity index (χ2v) is 7.77. The minimum absolute atomic E-state index is 0.0787. The molecule has 0 radical (unpaired) electrons. The van der Waals surface area contributed by atoms with Crippen LogP contribution in [-0.4, -0.2) is 23.9 Å². The maximum absolute atomic E-state index is 12.4. The van der Waals surface area contributed by atoms with Crippen molar-refractivity contribution in [2.24, 2.45) is 5.41 Å². The normalized spacial score (nSPS) is 11.1. The Morgan fingerprint density at radius 1 is 1.28 bits per heavy atom. The molecule has 134 valence electrons. The lowest BCUT2D eigenvalue weighted by Gasteiger charge is -2.16. The van der Waals surface area contributed by atoms with Crippen molar-refractivity contribution in [1.29, 1.82) is 0 Å². The van der Waals surface area contributed by atoms with Gasteiger partial charge in [-0.05, 0) is 24.1 Å². The molecule has 2 N–H and O–H groups in total. The lowest BCUT2D eigenvalue weighted by atomic mass is 9.96. The van der Waals surface area contributed by atoms with Crippen LogP contribution in [0.25, 0.3) is 0 Å². The second-order valence-electron chi connectivity index (χ2n) is 6.72. The summed E-state index contributed by atoms with van der Waals surface area (Å²) in [6.07, 6.45) is 1.66. The predicted molar refractivity (Wildman–Crippen MR) is 99.1 cm³/mol. The summed E-state index contributed by atoms with van der Waals surface area (Å²) in [5.74, 6) is 0.281. The van der Waals surface area contributed by atoms with Crippen molar-refractivity contribution in [1.82, 2.24) is 10.3 Å². The number of hydrogen-bond donors (Lipinski definition) is 2. The maximum Gasteiger partial charge on any atom is 0.261 e. The molecule has 0 aliphatic rings. The highest BCUT2D eigenvalue weighted by atomic mass is 32.1. The van der Waals surface area contributed by atoms with Gasteiger partial charge < -0.3 is 15.4 Å². The Balaban J connectivity index is 2.00. The number of thiophene rings is 1. The van der Waals surface area contributed by atoms with Gasteiger partial charge in [0.1, 0.15) is 0 Å². The van der Waals surface area contributed by atoms with E-state index in [1.165, 1.54) is 11.3 Å². The number of amides is 2. The summed E-state index contributed by atoms with van der Waals surface area (Å²) in [5.41, 5.74) is 1.23. The van der Waals surface area contributed by atoms with Crippen LogP contribution >= 0.6 is 11.3 Å². The SMILES string of the molecule is COc1ccc(CNC(=O)c2sc(NC(=O)C(C)(C)C)cc2C)cn1. The van der Waals surface area contributed by atoms with Gasteiger partial charge in [-0.2, -0.15) is 0 Å². The van der Waals surface area contributed by atoms with Crippen molar-refractivity contribution in [3.05, 3.63) is 40.4 Å². The fraction of sp³-hybridized carbons (Fsp3) is 0.389. The molecule has 0 aliphatic heterocycles. The smallest absolute Gasteiger partial charge is 0.261 e. The number of hydrogen-bond acceptors (Lipinski definition) is 5. The van der Waals surface area contributed by atoms with Gasteiger partial charge >= 0.3 is 0 Å². The average molecular weight is 361 g/mol. The van der Waals surface area contributed by atoms with Crippen LogP contribution in [-0.2, 0) is 11.3 Å². The highest BCUT2D eigenvalue weighted by Gasteiger charge is 2.23. The van der Waals surface area contributed by atoms with Crippen LogP contribution in [0.15, 0.2) is 24.4 Å². The summed E-state index contributed by atoms with van der Waals surface area (Å²) in [6, 6.07) is 5.42. The standard InChI is InChI=1S/C18H23N3O3S/c1-11-8-14(21-17(23)18(2,3)4)25-15(11)16(22)20-10-12-6-7-13(24-5)19-9-12/h6-9H,10H2,1-5H3,(H,20,22)(H,21,23). The molecule has 2 amide bonds. The molecule has 0 bridgehead atoms. The monoisotopic (exact) mass is 361 g/mol. The molecule has 0 unspecified atom stereocenters. The average Bonchev–Trinajstić information content (AvgIpc) is 2.92. The molecule has 2 heterocycles. The number of carbonyl (C=O) groups excluding carboxylic acids is 2. The molecule has 7 heteroatoms. The zero-order valence-electron chi connectivity index (χ0n) is 15.1. The molecule has 0 saturated heterocycles. The number of ether oxygens (including phenoxy) is 1. The Hall–Kier alpha value is -2.41. The molecule has 2 aromatic rings. The quantitative estimate of drug-likeness (QED) is 0.855. The Kier molecular flexibility index (Phi) is 5.79. The highest BCUT2D eigenvalue weighted by Crippen LogP contribution is 2.28. The fourth-order valence-corrected chi connectivity index (χ4v) is 2.95. The largest absolute Gasteiger partial charge is 0.481 e. The minimum Gasteiger partial charge on any atom is -0.481 e. The number of anilines is 1. The number of nitrogens with zero attached hydrogens (tertiary/aromatic N) is 1. The predicted octanol–water partition coefficient (Wildman–Crippen LogP) is 3.37. The van der Waals surface area contributed by atoms with Crippen LogP contribution in [0.3, 0.4) is 0 Å². The number of aryl methyl sites for hydroxylation is 1. The highest BCUT2D eigenvalue weighted by molar-refractivity contribution is 7.18. The fourth-order valence-electron chi connectivity index (χ4n) is 1.97. The summed E-state index contributed by atoms with van der Waals surface area (Å²) >= 11 is 1.27. The number of aromatic nitrogens is 1. The third kappa shape index (κ3) is 5.03. The maximum atomic E-state index is 12.4. The van der Waals surface area contributed by atoms with Crippen LogP contribution in [0.5, 0.6) is 5.88 Å². The second kappa shape index (κ2) is 7.65. The molecule has 2 rings (SSSR count). The van der Waals surface area contributed by atoms with Gasteiger partial charge in [-0.25, -0.2) is 4.98 Å². The number of pyridine rings is 1. The molecule has 0 aromatic carbocycles. The van der Waals surface area contributed by atoms with E-state index in [0.29, 0.717) is 22.3 Å². The van der Waals surface area contributed by atoms with Crippen LogP contribution in [0.4, 0.5) is 5.00 Å². The van der Waals surface area contributed by atoms with E-state index >= 15 is 0 Å². The van der Waals surface area contributed by atoms with Gasteiger partial charge in [0, 0.05) is 24.2 Å². The number of nitrogens with one attached hydrogen (secondary N) is 2. The van der Waals surface area contributed by atoms with Gasteiger partial charge in [0.05, 0.1) is 17.0 Å². The van der Waals surface area contributed by atoms with Crippen molar-refractivity contribution >= 4 is 28.2 Å². The Morgan fingerprint density at radius 3 is 2.56 bits per heavy atom. The first-order chi connectivity index (χ1) is 11.7. The molecular weight excluding hydrogens is 338 g/mol. The van der Waals surface area contributed by atoms with Gasteiger partial charge in [-0.3, -0.25) is 9.59 Å². The van der Waals surface area contributed by atoms with Crippen LogP contribution in [0.1, 0.15) is 41.6 Å². The summed E-state index contributed by atoms with van der Waals surface area (Å²) in [6.45, 7) is 7.77. The van der Waals surface area contributed by atoms with E-state index in [4.69, 9.17) is 4.74 Å². The zero-order valence-corrected chi connectivity index (χ0v) is 15.9. The van der Waals surface area contributed by atoms with Gasteiger partial charge in [0.25, 0.3) is 5.91 Å². The Morgan fingerprint density at radius 2 is 2.00 bits per heavy atom. The first-order valence-electron chi connectivity index (χ1n) is 7.89. The molecule has 2 aromatic heterocycles. The number of rotatable bonds is 5. The molecular formula is C18H23N3O3S. The summed E-state index contributed by atoms with van der Waals surface area (Å²) in [4.78, 5) is 29.2. The van der Waals surface area contributed by atoms with Crippen molar-refractivity contribution in [3.63, 3.8) is 0 Å². The number of carbonyl (C=O) groups is 2. The lowest BCUT2D eigenvalue weighted by molar-refractivity contribution is -0.123. The third-order valence-electron chi connectivity index (χ3n) is 3.50. The van der Waals surface area contributed by atoms with Crippen LogP contribution in [0, 0.1) is 12.3 Å². The van der Waals surface area contributed by atoms with Gasteiger partial charge in [0.2, 0.25) is 11.8 Å². The first kappa shape index (κ1) is 18.9. The molecule has 25 heavy (non-hydrogen) atoms. The minimum atomic E-state index is -0.484. The van der Waals surface area contributed by atoms with Crippen molar-refractivity contribution in [2.75, 3.05) is 12.4 Å². The van der Waals surface area contributed by atoms with E-state index in [1.54, 1.807) is 19.4 Å². The molecule has 6 nitrogen and oxygen atoms in total. The number of methoxy groups -OCH3 is 1. The van der Waals surface area contributed by atoms with Crippen LogP contribution in [0.2, 0.25) is 0 Å². The van der Waals surface area contributed by atoms with Crippen LogP contribution < -0.4 is 15.4 Å². The zero-order chi connectivity index (χ0) is 18.6. The first-order valence-corrected chi connectivity index (χ1v) is 8.71. The third-order valence-corrected chi connectivity index (χ3v) is 4.65. The van der Waals surface area contributed by atoms with Crippen molar-refractivity contribution < 1.29 is 14.3 Å². The lowest BCUT2D eigenvalue weighted by Crippen LogP contribution is -2.27. The summed E-state index contributed by atoms with van der Waals surface area (Å²) in [7, 11) is 1.55. The molecule has 0 atom stereocenters. The summed E-state index contributed by atoms with van der Waals surface area (Å²) in [5, 5.41) is 6.40. The molecule has 0 fully saturated rings. The molecule has 0 aliphatic carbocycles. The Labute approximate surface area is 151 Å². The van der Waals surface area contributed by atoms with Gasteiger partial charge in [0.15, 0.2) is 0 Å². The van der Waals surface area contributed by atoms with E-state index in [0.717, 1.165) is 11.1 Å². The van der Waals surface area contributed by atoms with E-state index in [-0.39, 0.29) is 11.8 Å². The molecule has 0 saturated carbocycles. The van der Waals surface area contributed by atoms with Crippen molar-refractivity contribution in [2.45, 2.75) is 34.2 Å². The van der Waals surface area contributed by atoms with Crippen molar-refractivity contribution in [3.8, 4) is 5.88 Å². The van der Waals surface area contributed by atoms with E-state index in [1.807, 2.05) is 39.8 Å². The summed E-state index contributed by atoms with van der Waals surface area (Å²) < 4.78 is 5.01. The van der Waals surface area contributed by atoms with E-state index in [9.17, 15) is 9.59 Å². The van der Waals surface area contributed by atoms with E-state index in [2.05, 4.69) is 15.6 Å². The Bertz CT molecular complexity index is 761. The van der Waals surface area contributed by atoms with Gasteiger partial charge in [-0.1, -0.05) is 26.8 Å². The molecule has 0 spiro atoms. The van der Waals surface area contributed by atoms with E-state index < -0.39 is 5.41 Å². The topological polar surface area (TPSA) is 80.3 Å². The van der Waals surface area contributed by atoms with Gasteiger partial charge in [-0.15, -0.1) is 11.3 Å².